The van der Waals surface area contributed by atoms with Crippen molar-refractivity contribution in [2.24, 2.45) is 0 Å². The summed E-state index contributed by atoms with van der Waals surface area (Å²) in [4.78, 5) is 17.5. The van der Waals surface area contributed by atoms with Gasteiger partial charge in [0.05, 0.1) is 5.56 Å². The minimum absolute atomic E-state index is 0.00314. The SMILES string of the molecule is C=CNC(=O)CCNC1(c2ccc(C)c(Br)c2)CC1.CCN(C)c1ccc(C#N)cn1. The Hall–Kier alpha value is -2.69. The molecule has 1 aromatic heterocycles. The fourth-order valence-corrected chi connectivity index (χ4v) is 3.40. The number of benzene rings is 1. The number of nitrogens with one attached hydrogen (secondary N) is 2. The summed E-state index contributed by atoms with van der Waals surface area (Å²) in [5.41, 5.74) is 3.22. The van der Waals surface area contributed by atoms with Gasteiger partial charge in [0, 0.05) is 42.8 Å². The highest BCUT2D eigenvalue weighted by Crippen LogP contribution is 2.46. The number of aromatic nitrogens is 1. The summed E-state index contributed by atoms with van der Waals surface area (Å²) >= 11 is 3.58. The molecule has 1 saturated carbocycles. The first-order valence-corrected chi connectivity index (χ1v) is 11.1. The van der Waals surface area contributed by atoms with Crippen LogP contribution in [0.4, 0.5) is 5.82 Å². The Morgan fingerprint density at radius 1 is 1.39 bits per heavy atom. The molecule has 2 N–H and O–H groups in total. The summed E-state index contributed by atoms with van der Waals surface area (Å²) in [6.07, 6.45) is 5.74. The Labute approximate surface area is 193 Å². The summed E-state index contributed by atoms with van der Waals surface area (Å²) in [5.74, 6) is 0.903. The zero-order valence-electron chi connectivity index (χ0n) is 18.4. The Kier molecular flexibility index (Phi) is 9.22. The molecule has 1 heterocycles. The van der Waals surface area contributed by atoms with Gasteiger partial charge in [0.2, 0.25) is 5.91 Å². The number of carbonyl (C=O) groups excluding carboxylic acids is 1. The van der Waals surface area contributed by atoms with Crippen molar-refractivity contribution >= 4 is 27.7 Å². The highest BCUT2D eigenvalue weighted by atomic mass is 79.9. The van der Waals surface area contributed by atoms with E-state index in [9.17, 15) is 4.79 Å². The minimum atomic E-state index is 0.00314. The van der Waals surface area contributed by atoms with Crippen molar-refractivity contribution in [2.75, 3.05) is 25.0 Å². The number of carbonyl (C=O) groups is 1. The number of rotatable bonds is 8. The fraction of sp³-hybridized carbons (Fsp3) is 0.375. The lowest BCUT2D eigenvalue weighted by molar-refractivity contribution is -0.120. The van der Waals surface area contributed by atoms with Crippen molar-refractivity contribution < 1.29 is 4.79 Å². The van der Waals surface area contributed by atoms with E-state index >= 15 is 0 Å². The number of hydrogen-bond donors (Lipinski definition) is 2. The second-order valence-electron chi connectivity index (χ2n) is 7.53. The number of anilines is 1. The highest BCUT2D eigenvalue weighted by Gasteiger charge is 2.43. The zero-order chi connectivity index (χ0) is 22.9. The van der Waals surface area contributed by atoms with Crippen molar-refractivity contribution in [2.45, 2.75) is 38.6 Å². The monoisotopic (exact) mass is 483 g/mol. The van der Waals surface area contributed by atoms with Crippen LogP contribution in [0.15, 0.2) is 53.8 Å². The minimum Gasteiger partial charge on any atom is -0.360 e. The van der Waals surface area contributed by atoms with Gasteiger partial charge in [0.15, 0.2) is 0 Å². The van der Waals surface area contributed by atoms with E-state index in [0.717, 1.165) is 29.7 Å². The van der Waals surface area contributed by atoms with Gasteiger partial charge in [-0.1, -0.05) is 34.6 Å². The van der Waals surface area contributed by atoms with Gasteiger partial charge >= 0.3 is 0 Å². The third kappa shape index (κ3) is 7.20. The number of pyridine rings is 1. The number of hydrogen-bond acceptors (Lipinski definition) is 5. The molecular weight excluding hydrogens is 454 g/mol. The van der Waals surface area contributed by atoms with Crippen LogP contribution >= 0.6 is 15.9 Å². The molecule has 1 fully saturated rings. The van der Waals surface area contributed by atoms with Crippen LogP contribution in [0.25, 0.3) is 0 Å². The number of amides is 1. The van der Waals surface area contributed by atoms with Crippen molar-refractivity contribution in [3.63, 3.8) is 0 Å². The van der Waals surface area contributed by atoms with E-state index in [-0.39, 0.29) is 11.4 Å². The number of halogens is 1. The van der Waals surface area contributed by atoms with Gasteiger partial charge in [0.1, 0.15) is 11.9 Å². The van der Waals surface area contributed by atoms with Crippen molar-refractivity contribution in [1.82, 2.24) is 15.6 Å². The zero-order valence-corrected chi connectivity index (χ0v) is 20.0. The molecule has 0 radical (unpaired) electrons. The highest BCUT2D eigenvalue weighted by molar-refractivity contribution is 9.10. The molecule has 31 heavy (non-hydrogen) atoms. The molecule has 1 amide bonds. The van der Waals surface area contributed by atoms with Gasteiger partial charge in [-0.15, -0.1) is 0 Å². The fourth-order valence-electron chi connectivity index (χ4n) is 3.02. The number of aryl methyl sites for hydroxylation is 1. The lowest BCUT2D eigenvalue weighted by atomic mass is 10.0. The van der Waals surface area contributed by atoms with Gasteiger partial charge in [-0.25, -0.2) is 4.98 Å². The molecule has 1 aromatic carbocycles. The first-order chi connectivity index (χ1) is 14.8. The lowest BCUT2D eigenvalue weighted by Crippen LogP contribution is -2.32. The topological polar surface area (TPSA) is 81.0 Å². The number of nitriles is 1. The molecule has 0 bridgehead atoms. The summed E-state index contributed by atoms with van der Waals surface area (Å²) in [6.45, 7) is 9.22. The maximum absolute atomic E-state index is 11.4. The average molecular weight is 484 g/mol. The van der Waals surface area contributed by atoms with E-state index in [1.54, 1.807) is 12.3 Å². The maximum atomic E-state index is 11.4. The van der Waals surface area contributed by atoms with E-state index < -0.39 is 0 Å². The van der Waals surface area contributed by atoms with Crippen LogP contribution in [0, 0.1) is 18.3 Å². The predicted molar refractivity (Wildman–Crippen MR) is 129 cm³/mol. The maximum Gasteiger partial charge on any atom is 0.225 e. The molecule has 3 rings (SSSR count). The van der Waals surface area contributed by atoms with E-state index in [2.05, 4.69) is 70.2 Å². The van der Waals surface area contributed by atoms with E-state index in [0.29, 0.717) is 18.5 Å². The Morgan fingerprint density at radius 3 is 2.65 bits per heavy atom. The first-order valence-electron chi connectivity index (χ1n) is 10.3. The average Bonchev–Trinajstić information content (AvgIpc) is 3.56. The molecule has 1 aliphatic carbocycles. The Bertz CT molecular complexity index is 932. The largest absolute Gasteiger partial charge is 0.360 e. The van der Waals surface area contributed by atoms with Crippen molar-refractivity contribution in [3.05, 3.63) is 70.5 Å². The molecule has 0 saturated heterocycles. The van der Waals surface area contributed by atoms with Gasteiger partial charge in [0.25, 0.3) is 0 Å². The van der Waals surface area contributed by atoms with Crippen molar-refractivity contribution in [1.29, 1.82) is 5.26 Å². The molecule has 1 aliphatic rings. The summed E-state index contributed by atoms with van der Waals surface area (Å²) in [5, 5.41) is 14.6. The Morgan fingerprint density at radius 2 is 2.13 bits per heavy atom. The lowest BCUT2D eigenvalue weighted by Gasteiger charge is -2.18. The second kappa shape index (κ2) is 11.6. The molecule has 2 aromatic rings. The summed E-state index contributed by atoms with van der Waals surface area (Å²) in [6, 6.07) is 12.1. The normalized spacial score (nSPS) is 13.3. The third-order valence-corrected chi connectivity index (χ3v) is 6.15. The standard InChI is InChI=1S/C15H19BrN2O.C9H11N3/c1-3-17-14(19)6-9-18-15(7-8-15)12-5-4-11(2)13(16)10-12;1-3-12(2)9-5-4-8(6-10)7-11-9/h3-5,10,18H,1,6-9H2,2H3,(H,17,19);4-5,7H,3H2,1-2H3. The van der Waals surface area contributed by atoms with Crippen LogP contribution in [0.2, 0.25) is 0 Å². The second-order valence-corrected chi connectivity index (χ2v) is 8.38. The van der Waals surface area contributed by atoms with Crippen molar-refractivity contribution in [3.8, 4) is 6.07 Å². The molecule has 164 valence electrons. The van der Waals surface area contributed by atoms with Crippen LogP contribution in [0.3, 0.4) is 0 Å². The molecule has 0 aliphatic heterocycles. The molecule has 6 nitrogen and oxygen atoms in total. The van der Waals surface area contributed by atoms with Gasteiger partial charge in [-0.3, -0.25) is 4.79 Å². The van der Waals surface area contributed by atoms with E-state index in [1.807, 2.05) is 24.1 Å². The van der Waals surface area contributed by atoms with E-state index in [1.165, 1.54) is 17.3 Å². The van der Waals surface area contributed by atoms with Crippen LogP contribution in [-0.4, -0.2) is 31.0 Å². The quantitative estimate of drug-likeness (QED) is 0.581. The predicted octanol–water partition coefficient (Wildman–Crippen LogP) is 4.40. The van der Waals surface area contributed by atoms with E-state index in [4.69, 9.17) is 5.26 Å². The summed E-state index contributed by atoms with van der Waals surface area (Å²) in [7, 11) is 1.97. The van der Waals surface area contributed by atoms with Crippen LogP contribution in [-0.2, 0) is 10.3 Å². The first kappa shape index (κ1) is 24.6. The molecule has 0 atom stereocenters. The Balaban J connectivity index is 0.000000245. The van der Waals surface area contributed by atoms with Gasteiger partial charge in [-0.2, -0.15) is 5.26 Å². The van der Waals surface area contributed by atoms with Gasteiger partial charge in [-0.05, 0) is 62.2 Å². The molecule has 0 spiro atoms. The molecular formula is C24H30BrN5O. The molecule has 0 unspecified atom stereocenters. The van der Waals surface area contributed by atoms with Crippen LogP contribution in [0.1, 0.15) is 42.9 Å². The third-order valence-electron chi connectivity index (χ3n) is 5.30. The summed E-state index contributed by atoms with van der Waals surface area (Å²) < 4.78 is 1.14. The smallest absolute Gasteiger partial charge is 0.225 e. The van der Waals surface area contributed by atoms with Crippen LogP contribution in [0.5, 0.6) is 0 Å². The molecule has 7 heteroatoms. The number of nitrogens with zero attached hydrogens (tertiary/aromatic N) is 3. The van der Waals surface area contributed by atoms with Crippen LogP contribution < -0.4 is 15.5 Å². The van der Waals surface area contributed by atoms with Gasteiger partial charge < -0.3 is 15.5 Å².